The number of amides is 2. The van der Waals surface area contributed by atoms with Gasteiger partial charge in [0.25, 0.3) is 5.91 Å². The van der Waals surface area contributed by atoms with Gasteiger partial charge in [0.1, 0.15) is 5.82 Å². The molecule has 0 bridgehead atoms. The summed E-state index contributed by atoms with van der Waals surface area (Å²) in [6.45, 7) is 4.88. The van der Waals surface area contributed by atoms with Crippen LogP contribution in [0.15, 0.2) is 54.9 Å². The monoisotopic (exact) mass is 414 g/mol. The summed E-state index contributed by atoms with van der Waals surface area (Å²) >= 11 is 0. The van der Waals surface area contributed by atoms with Gasteiger partial charge >= 0.3 is 0 Å². The van der Waals surface area contributed by atoms with Crippen LogP contribution in [0.2, 0.25) is 0 Å². The van der Waals surface area contributed by atoms with Crippen molar-refractivity contribution in [1.29, 1.82) is 0 Å². The first kappa shape index (κ1) is 20.7. The molecular formula is C25H26N4O2. The summed E-state index contributed by atoms with van der Waals surface area (Å²) in [6.07, 6.45) is 5.85. The van der Waals surface area contributed by atoms with Crippen molar-refractivity contribution >= 4 is 17.5 Å². The van der Waals surface area contributed by atoms with Crippen molar-refractivity contribution in [3.63, 3.8) is 0 Å². The quantitative estimate of drug-likeness (QED) is 0.679. The standard InChI is InChI=1S/C25H26N4O2/c1-17-6-8-20(9-7-17)21-11-22(13-23(12-21)29-10-4-3-5-24(29)30)25(31)28-16-19-14-26-18(2)27-15-19/h6-9,11-15H,3-5,10,16H2,1-2H3,(H,28,31). The molecule has 158 valence electrons. The van der Waals surface area contributed by atoms with Crippen LogP contribution in [0.5, 0.6) is 0 Å². The fraction of sp³-hybridized carbons (Fsp3) is 0.280. The minimum atomic E-state index is -0.194. The minimum absolute atomic E-state index is 0.107. The summed E-state index contributed by atoms with van der Waals surface area (Å²) in [6, 6.07) is 13.9. The Labute approximate surface area is 182 Å². The topological polar surface area (TPSA) is 75.2 Å². The highest BCUT2D eigenvalue weighted by Crippen LogP contribution is 2.29. The Morgan fingerprint density at radius 3 is 2.45 bits per heavy atom. The Hall–Kier alpha value is -3.54. The minimum Gasteiger partial charge on any atom is -0.348 e. The van der Waals surface area contributed by atoms with Gasteiger partial charge < -0.3 is 10.2 Å². The van der Waals surface area contributed by atoms with Crippen LogP contribution >= 0.6 is 0 Å². The van der Waals surface area contributed by atoms with Gasteiger partial charge in [-0.25, -0.2) is 9.97 Å². The number of aromatic nitrogens is 2. The van der Waals surface area contributed by atoms with E-state index in [1.165, 1.54) is 5.56 Å². The number of hydrogen-bond acceptors (Lipinski definition) is 4. The molecule has 0 saturated carbocycles. The van der Waals surface area contributed by atoms with E-state index in [9.17, 15) is 9.59 Å². The molecule has 1 saturated heterocycles. The number of anilines is 1. The van der Waals surface area contributed by atoms with E-state index in [0.717, 1.165) is 35.2 Å². The lowest BCUT2D eigenvalue weighted by Gasteiger charge is -2.27. The van der Waals surface area contributed by atoms with E-state index >= 15 is 0 Å². The molecule has 0 aliphatic carbocycles. The van der Waals surface area contributed by atoms with Gasteiger partial charge in [0.15, 0.2) is 0 Å². The predicted octanol–water partition coefficient (Wildman–Crippen LogP) is 4.21. The van der Waals surface area contributed by atoms with Gasteiger partial charge in [-0.05, 0) is 56.0 Å². The smallest absolute Gasteiger partial charge is 0.251 e. The molecule has 6 nitrogen and oxygen atoms in total. The van der Waals surface area contributed by atoms with Crippen molar-refractivity contribution in [2.24, 2.45) is 0 Å². The van der Waals surface area contributed by atoms with Gasteiger partial charge in [-0.2, -0.15) is 0 Å². The van der Waals surface area contributed by atoms with Crippen molar-refractivity contribution in [2.75, 3.05) is 11.4 Å². The third-order valence-corrected chi connectivity index (χ3v) is 5.49. The van der Waals surface area contributed by atoms with Crippen LogP contribution in [-0.4, -0.2) is 28.3 Å². The van der Waals surface area contributed by atoms with Crippen molar-refractivity contribution in [3.8, 4) is 11.1 Å². The first-order valence-corrected chi connectivity index (χ1v) is 10.6. The third kappa shape index (κ3) is 4.97. The first-order chi connectivity index (χ1) is 15.0. The Balaban J connectivity index is 1.64. The van der Waals surface area contributed by atoms with Crippen LogP contribution in [0, 0.1) is 13.8 Å². The Morgan fingerprint density at radius 1 is 1.00 bits per heavy atom. The van der Waals surface area contributed by atoms with Crippen LogP contribution in [0.25, 0.3) is 11.1 Å². The molecule has 0 unspecified atom stereocenters. The lowest BCUT2D eigenvalue weighted by Crippen LogP contribution is -2.35. The highest BCUT2D eigenvalue weighted by molar-refractivity contribution is 6.00. The molecule has 2 aromatic carbocycles. The number of hydrogen-bond donors (Lipinski definition) is 1. The van der Waals surface area contributed by atoms with E-state index in [1.807, 2.05) is 56.3 Å². The molecule has 3 aromatic rings. The zero-order valence-electron chi connectivity index (χ0n) is 17.9. The number of nitrogens with one attached hydrogen (secondary N) is 1. The molecule has 6 heteroatoms. The average molecular weight is 415 g/mol. The highest BCUT2D eigenvalue weighted by Gasteiger charge is 2.21. The fourth-order valence-corrected chi connectivity index (χ4v) is 3.68. The molecule has 1 N–H and O–H groups in total. The van der Waals surface area contributed by atoms with E-state index in [0.29, 0.717) is 30.9 Å². The predicted molar refractivity (Wildman–Crippen MR) is 121 cm³/mol. The second-order valence-corrected chi connectivity index (χ2v) is 7.96. The Morgan fingerprint density at radius 2 is 1.74 bits per heavy atom. The van der Waals surface area contributed by atoms with Crippen molar-refractivity contribution in [3.05, 3.63) is 77.4 Å². The van der Waals surface area contributed by atoms with Crippen molar-refractivity contribution in [2.45, 2.75) is 39.7 Å². The van der Waals surface area contributed by atoms with Crippen LogP contribution < -0.4 is 10.2 Å². The maximum atomic E-state index is 13.0. The molecule has 0 spiro atoms. The summed E-state index contributed by atoms with van der Waals surface area (Å²) < 4.78 is 0. The summed E-state index contributed by atoms with van der Waals surface area (Å²) in [5.74, 6) is 0.604. The lowest BCUT2D eigenvalue weighted by atomic mass is 9.99. The SMILES string of the molecule is Cc1ccc(-c2cc(C(=O)NCc3cnc(C)nc3)cc(N3CCCCC3=O)c2)cc1. The zero-order valence-corrected chi connectivity index (χ0v) is 17.9. The number of nitrogens with zero attached hydrogens (tertiary/aromatic N) is 3. The molecule has 4 rings (SSSR count). The van der Waals surface area contributed by atoms with Gasteiger partial charge in [-0.1, -0.05) is 29.8 Å². The normalized spacial score (nSPS) is 13.9. The molecular weight excluding hydrogens is 388 g/mol. The molecule has 2 amide bonds. The largest absolute Gasteiger partial charge is 0.348 e. The van der Waals surface area contributed by atoms with Gasteiger partial charge in [0, 0.05) is 48.7 Å². The summed E-state index contributed by atoms with van der Waals surface area (Å²) in [5, 5.41) is 2.94. The molecule has 1 aliphatic heterocycles. The summed E-state index contributed by atoms with van der Waals surface area (Å²) in [5.41, 5.74) is 5.23. The van der Waals surface area contributed by atoms with E-state index < -0.39 is 0 Å². The zero-order chi connectivity index (χ0) is 21.8. The average Bonchev–Trinajstić information content (AvgIpc) is 2.79. The molecule has 1 aliphatic rings. The summed E-state index contributed by atoms with van der Waals surface area (Å²) in [4.78, 5) is 35.6. The second kappa shape index (κ2) is 9.08. The molecule has 31 heavy (non-hydrogen) atoms. The van der Waals surface area contributed by atoms with Crippen LogP contribution in [-0.2, 0) is 11.3 Å². The highest BCUT2D eigenvalue weighted by atomic mass is 16.2. The number of piperidine rings is 1. The maximum absolute atomic E-state index is 13.0. The van der Waals surface area contributed by atoms with E-state index in [4.69, 9.17) is 0 Å². The van der Waals surface area contributed by atoms with E-state index in [-0.39, 0.29) is 11.8 Å². The fourth-order valence-electron chi connectivity index (χ4n) is 3.68. The number of benzene rings is 2. The second-order valence-electron chi connectivity index (χ2n) is 7.96. The van der Waals surface area contributed by atoms with Crippen molar-refractivity contribution < 1.29 is 9.59 Å². The van der Waals surface area contributed by atoms with E-state index in [1.54, 1.807) is 17.3 Å². The first-order valence-electron chi connectivity index (χ1n) is 10.6. The Bertz CT molecular complexity index is 1090. The van der Waals surface area contributed by atoms with Crippen LogP contribution in [0.4, 0.5) is 5.69 Å². The Kier molecular flexibility index (Phi) is 6.07. The van der Waals surface area contributed by atoms with Gasteiger partial charge in [0.05, 0.1) is 0 Å². The van der Waals surface area contributed by atoms with Gasteiger partial charge in [-0.15, -0.1) is 0 Å². The van der Waals surface area contributed by atoms with Crippen LogP contribution in [0.1, 0.15) is 46.6 Å². The molecule has 2 heterocycles. The number of carbonyl (C=O) groups is 2. The number of rotatable bonds is 5. The van der Waals surface area contributed by atoms with Crippen LogP contribution in [0.3, 0.4) is 0 Å². The molecule has 0 radical (unpaired) electrons. The molecule has 0 atom stereocenters. The van der Waals surface area contributed by atoms with Crippen molar-refractivity contribution in [1.82, 2.24) is 15.3 Å². The van der Waals surface area contributed by atoms with Gasteiger partial charge in [-0.3, -0.25) is 9.59 Å². The summed E-state index contributed by atoms with van der Waals surface area (Å²) in [7, 11) is 0. The number of aryl methyl sites for hydroxylation is 2. The lowest BCUT2D eigenvalue weighted by molar-refractivity contribution is -0.119. The maximum Gasteiger partial charge on any atom is 0.251 e. The molecule has 1 aromatic heterocycles. The third-order valence-electron chi connectivity index (χ3n) is 5.49. The number of carbonyl (C=O) groups excluding carboxylic acids is 2. The van der Waals surface area contributed by atoms with E-state index in [2.05, 4.69) is 15.3 Å². The molecule has 1 fully saturated rings. The van der Waals surface area contributed by atoms with Gasteiger partial charge in [0.2, 0.25) is 5.91 Å².